The summed E-state index contributed by atoms with van der Waals surface area (Å²) in [6.45, 7) is 0.789. The predicted molar refractivity (Wildman–Crippen MR) is 67.8 cm³/mol. The molecule has 0 bridgehead atoms. The first-order chi connectivity index (χ1) is 9.79. The minimum Gasteiger partial charge on any atom is -0.545 e. The predicted octanol–water partition coefficient (Wildman–Crippen LogP) is -2.88. The average Bonchev–Trinajstić information content (AvgIpc) is 2.41. The van der Waals surface area contributed by atoms with E-state index in [0.717, 1.165) is 11.0 Å². The van der Waals surface area contributed by atoms with Crippen molar-refractivity contribution in [3.8, 4) is 0 Å². The zero-order chi connectivity index (χ0) is 15.6. The van der Waals surface area contributed by atoms with Crippen molar-refractivity contribution in [1.29, 1.82) is 0 Å². The first-order valence-electron chi connectivity index (χ1n) is 6.37. The molecule has 1 unspecified atom stereocenters. The molecule has 6 nitrogen and oxygen atoms in total. The molecule has 2 heterocycles. The number of amides is 1. The van der Waals surface area contributed by atoms with Crippen molar-refractivity contribution in [3.05, 3.63) is 23.9 Å². The molecule has 0 spiro atoms. The smallest absolute Gasteiger partial charge is 0.545 e. The number of carboxylic acids is 1. The molecular weight excluding hydrogens is 291 g/mol. The quantitative estimate of drug-likeness (QED) is 0.606. The van der Waals surface area contributed by atoms with Crippen molar-refractivity contribution in [1.82, 2.24) is 9.88 Å². The van der Waals surface area contributed by atoms with Gasteiger partial charge in [-0.2, -0.15) is 0 Å². The molecule has 1 atom stereocenters. The normalized spacial score (nSPS) is 20.0. The van der Waals surface area contributed by atoms with Crippen LogP contribution in [0.5, 0.6) is 0 Å². The number of hydrogen-bond acceptors (Lipinski definition) is 5. The zero-order valence-corrected chi connectivity index (χ0v) is 12.3. The van der Waals surface area contributed by atoms with Gasteiger partial charge in [-0.1, -0.05) is 0 Å². The number of anilines is 1. The third kappa shape index (κ3) is 4.18. The Kier molecular flexibility index (Phi) is 5.91. The number of hydrogen-bond donors (Lipinski definition) is 1. The minimum absolute atomic E-state index is 0. The van der Waals surface area contributed by atoms with Crippen molar-refractivity contribution in [2.75, 3.05) is 18.4 Å². The number of carboxylic acid groups (broad SMARTS) is 1. The second-order valence-corrected chi connectivity index (χ2v) is 4.90. The van der Waals surface area contributed by atoms with Gasteiger partial charge in [0, 0.05) is 25.2 Å². The maximum atomic E-state index is 14.0. The number of rotatable bonds is 3. The molecule has 1 fully saturated rings. The molecule has 0 radical (unpaired) electrons. The minimum atomic E-state index is -3.12. The standard InChI is InChI=1S/C13H15F2N3O3.Li/c1-8(19)18-5-3-10(13(14,15)7-18)17-11-6-9(12(20)21)2-4-16-11;/h2,4,6,10H,3,5,7H2,1H3,(H,16,17)(H,20,21);/q;+1/p-1. The molecule has 0 aliphatic carbocycles. The molecule has 9 heteroatoms. The van der Waals surface area contributed by atoms with E-state index in [1.165, 1.54) is 19.2 Å². The van der Waals surface area contributed by atoms with Crippen molar-refractivity contribution in [2.45, 2.75) is 25.3 Å². The number of aromatic nitrogens is 1. The van der Waals surface area contributed by atoms with Crippen LogP contribution in [0.2, 0.25) is 0 Å². The van der Waals surface area contributed by atoms with E-state index in [-0.39, 0.29) is 43.2 Å². The van der Waals surface area contributed by atoms with Crippen molar-refractivity contribution in [3.63, 3.8) is 0 Å². The molecule has 1 N–H and O–H groups in total. The van der Waals surface area contributed by atoms with E-state index in [0.29, 0.717) is 0 Å². The van der Waals surface area contributed by atoms with Gasteiger partial charge in [-0.3, -0.25) is 4.79 Å². The largest absolute Gasteiger partial charge is 1.00 e. The van der Waals surface area contributed by atoms with Crippen LogP contribution in [0.25, 0.3) is 0 Å². The molecule has 1 aromatic rings. The number of piperidine rings is 1. The van der Waals surface area contributed by atoms with Gasteiger partial charge < -0.3 is 20.1 Å². The first kappa shape index (κ1) is 18.4. The monoisotopic (exact) mass is 305 g/mol. The molecular formula is C13H14F2LiN3O3. The Morgan fingerprint density at radius 1 is 1.50 bits per heavy atom. The van der Waals surface area contributed by atoms with Gasteiger partial charge in [0.25, 0.3) is 5.92 Å². The van der Waals surface area contributed by atoms with Crippen molar-refractivity contribution in [2.24, 2.45) is 0 Å². The van der Waals surface area contributed by atoms with Gasteiger partial charge in [-0.05, 0) is 18.6 Å². The van der Waals surface area contributed by atoms with E-state index >= 15 is 0 Å². The van der Waals surface area contributed by atoms with E-state index in [1.54, 1.807) is 0 Å². The third-order valence-corrected chi connectivity index (χ3v) is 3.36. The van der Waals surface area contributed by atoms with Crippen LogP contribution in [0.1, 0.15) is 23.7 Å². The number of halogens is 2. The Balaban J connectivity index is 0.00000242. The molecule has 1 aliphatic rings. The van der Waals surface area contributed by atoms with E-state index in [9.17, 15) is 23.5 Å². The van der Waals surface area contributed by atoms with Gasteiger partial charge in [0.2, 0.25) is 5.91 Å². The molecule has 114 valence electrons. The van der Waals surface area contributed by atoms with Gasteiger partial charge in [-0.15, -0.1) is 0 Å². The first-order valence-corrected chi connectivity index (χ1v) is 6.37. The van der Waals surface area contributed by atoms with Gasteiger partial charge in [0.05, 0.1) is 18.6 Å². The molecule has 1 saturated heterocycles. The Bertz CT molecular complexity index is 571. The maximum Gasteiger partial charge on any atom is 1.00 e. The Morgan fingerprint density at radius 3 is 2.73 bits per heavy atom. The second-order valence-electron chi connectivity index (χ2n) is 4.90. The van der Waals surface area contributed by atoms with Gasteiger partial charge in [-0.25, -0.2) is 13.8 Å². The summed E-state index contributed by atoms with van der Waals surface area (Å²) in [5.74, 6) is -4.88. The maximum absolute atomic E-state index is 14.0. The number of likely N-dealkylation sites (tertiary alicyclic amines) is 1. The molecule has 1 aliphatic heterocycles. The number of carbonyl (C=O) groups excluding carboxylic acids is 2. The third-order valence-electron chi connectivity index (χ3n) is 3.36. The average molecular weight is 305 g/mol. The van der Waals surface area contributed by atoms with Gasteiger partial charge in [0.1, 0.15) is 5.82 Å². The summed E-state index contributed by atoms with van der Waals surface area (Å²) in [6.07, 6.45) is 1.25. The Morgan fingerprint density at radius 2 is 2.18 bits per heavy atom. The number of carbonyl (C=O) groups is 2. The molecule has 1 aromatic heterocycles. The molecule has 0 saturated carbocycles. The number of alkyl halides is 2. The van der Waals surface area contributed by atoms with E-state index in [4.69, 9.17) is 0 Å². The summed E-state index contributed by atoms with van der Waals surface area (Å²) in [4.78, 5) is 26.8. The van der Waals surface area contributed by atoms with Crippen LogP contribution in [0, 0.1) is 0 Å². The fourth-order valence-corrected chi connectivity index (χ4v) is 2.20. The number of nitrogens with zero attached hydrogens (tertiary/aromatic N) is 2. The fourth-order valence-electron chi connectivity index (χ4n) is 2.20. The molecule has 0 aromatic carbocycles. The van der Waals surface area contributed by atoms with Gasteiger partial charge in [0.15, 0.2) is 0 Å². The van der Waals surface area contributed by atoms with Crippen molar-refractivity contribution >= 4 is 17.7 Å². The van der Waals surface area contributed by atoms with Crippen LogP contribution in [0.15, 0.2) is 18.3 Å². The molecule has 2 rings (SSSR count). The summed E-state index contributed by atoms with van der Waals surface area (Å²) in [5.41, 5.74) is -0.142. The van der Waals surface area contributed by atoms with E-state index < -0.39 is 30.4 Å². The van der Waals surface area contributed by atoms with Crippen LogP contribution in [-0.4, -0.2) is 46.8 Å². The van der Waals surface area contributed by atoms with Crippen LogP contribution < -0.4 is 29.3 Å². The SMILES string of the molecule is CC(=O)N1CCC(Nc2cc(C(=O)[O-])ccn2)C(F)(F)C1.[Li+]. The van der Waals surface area contributed by atoms with Crippen LogP contribution in [0.4, 0.5) is 14.6 Å². The van der Waals surface area contributed by atoms with Crippen LogP contribution >= 0.6 is 0 Å². The summed E-state index contributed by atoms with van der Waals surface area (Å²) in [7, 11) is 0. The fraction of sp³-hybridized carbons (Fsp3) is 0.462. The van der Waals surface area contributed by atoms with Gasteiger partial charge >= 0.3 is 18.9 Å². The van der Waals surface area contributed by atoms with Crippen LogP contribution in [0.3, 0.4) is 0 Å². The van der Waals surface area contributed by atoms with E-state index in [2.05, 4.69) is 10.3 Å². The summed E-state index contributed by atoms with van der Waals surface area (Å²) in [5, 5.41) is 13.3. The number of nitrogens with one attached hydrogen (secondary N) is 1. The Labute approximate surface area is 138 Å². The molecule has 1 amide bonds. The molecule has 22 heavy (non-hydrogen) atoms. The summed E-state index contributed by atoms with van der Waals surface area (Å²) < 4.78 is 28.0. The summed E-state index contributed by atoms with van der Waals surface area (Å²) >= 11 is 0. The second kappa shape index (κ2) is 7.07. The number of aromatic carboxylic acids is 1. The van der Waals surface area contributed by atoms with Crippen LogP contribution in [-0.2, 0) is 4.79 Å². The Hall–Kier alpha value is -1.65. The summed E-state index contributed by atoms with van der Waals surface area (Å²) in [6, 6.07) is 1.15. The zero-order valence-electron chi connectivity index (χ0n) is 12.3. The van der Waals surface area contributed by atoms with Crippen molar-refractivity contribution < 1.29 is 42.3 Å². The number of pyridine rings is 1. The topological polar surface area (TPSA) is 85.4 Å². The van der Waals surface area contributed by atoms with E-state index in [1.807, 2.05) is 0 Å².